The van der Waals surface area contributed by atoms with E-state index in [-0.39, 0.29) is 17.9 Å². The standard InChI is InChI=1S/C25H26N2O2S/c1-19(2)27(23-11-7-4-8-12-23)24(28)18-30-17-20-13-15-21(16-14-20)25(29)26-22-9-5-3-6-10-22/h3-16,19H,17-18H2,1-2H3,(H,26,29). The van der Waals surface area contributed by atoms with Gasteiger partial charge >= 0.3 is 0 Å². The highest BCUT2D eigenvalue weighted by molar-refractivity contribution is 7.99. The van der Waals surface area contributed by atoms with Crippen LogP contribution in [0, 0.1) is 0 Å². The highest BCUT2D eigenvalue weighted by atomic mass is 32.2. The van der Waals surface area contributed by atoms with Gasteiger partial charge in [-0.25, -0.2) is 0 Å². The van der Waals surface area contributed by atoms with Crippen LogP contribution in [0.25, 0.3) is 0 Å². The molecule has 0 aliphatic heterocycles. The van der Waals surface area contributed by atoms with Crippen molar-refractivity contribution in [2.75, 3.05) is 16.0 Å². The predicted molar refractivity (Wildman–Crippen MR) is 126 cm³/mol. The zero-order valence-corrected chi connectivity index (χ0v) is 18.1. The molecule has 0 heterocycles. The molecule has 0 aliphatic rings. The first-order chi connectivity index (χ1) is 14.5. The lowest BCUT2D eigenvalue weighted by molar-refractivity contribution is -0.116. The molecule has 30 heavy (non-hydrogen) atoms. The SMILES string of the molecule is CC(C)N(C(=O)CSCc1ccc(C(=O)Nc2ccccc2)cc1)c1ccccc1. The molecule has 1 N–H and O–H groups in total. The number of hydrogen-bond donors (Lipinski definition) is 1. The van der Waals surface area contributed by atoms with Gasteiger partial charge in [0.1, 0.15) is 0 Å². The number of hydrogen-bond acceptors (Lipinski definition) is 3. The summed E-state index contributed by atoms with van der Waals surface area (Å²) in [6.07, 6.45) is 0. The average Bonchev–Trinajstić information content (AvgIpc) is 2.75. The first-order valence-electron chi connectivity index (χ1n) is 9.95. The molecule has 3 aromatic carbocycles. The van der Waals surface area contributed by atoms with Crippen LogP contribution in [0.4, 0.5) is 11.4 Å². The Labute approximate surface area is 182 Å². The lowest BCUT2D eigenvalue weighted by Gasteiger charge is -2.26. The van der Waals surface area contributed by atoms with Crippen LogP contribution in [0.3, 0.4) is 0 Å². The van der Waals surface area contributed by atoms with Crippen LogP contribution in [0.2, 0.25) is 0 Å². The Hall–Kier alpha value is -3.05. The van der Waals surface area contributed by atoms with Crippen molar-refractivity contribution in [2.45, 2.75) is 25.6 Å². The Morgan fingerprint density at radius 3 is 2.07 bits per heavy atom. The number of para-hydroxylation sites is 2. The molecule has 0 saturated heterocycles. The van der Waals surface area contributed by atoms with E-state index >= 15 is 0 Å². The highest BCUT2D eigenvalue weighted by Gasteiger charge is 2.18. The number of nitrogens with one attached hydrogen (secondary N) is 1. The summed E-state index contributed by atoms with van der Waals surface area (Å²) >= 11 is 1.58. The average molecular weight is 419 g/mol. The molecule has 0 unspecified atom stereocenters. The molecule has 4 nitrogen and oxygen atoms in total. The Balaban J connectivity index is 1.52. The fourth-order valence-electron chi connectivity index (χ4n) is 3.12. The Morgan fingerprint density at radius 2 is 1.47 bits per heavy atom. The molecule has 0 radical (unpaired) electrons. The summed E-state index contributed by atoms with van der Waals surface area (Å²) in [5, 5.41) is 2.88. The maximum absolute atomic E-state index is 12.7. The van der Waals surface area contributed by atoms with Gasteiger partial charge < -0.3 is 10.2 Å². The van der Waals surface area contributed by atoms with E-state index in [9.17, 15) is 9.59 Å². The molecule has 3 aromatic rings. The molecule has 5 heteroatoms. The van der Waals surface area contributed by atoms with Crippen molar-refractivity contribution < 1.29 is 9.59 Å². The van der Waals surface area contributed by atoms with E-state index in [1.54, 1.807) is 11.8 Å². The number of rotatable bonds is 8. The molecule has 2 amide bonds. The first kappa shape index (κ1) is 21.7. The molecule has 0 saturated carbocycles. The lowest BCUT2D eigenvalue weighted by atomic mass is 10.1. The van der Waals surface area contributed by atoms with E-state index in [0.717, 1.165) is 16.9 Å². The van der Waals surface area contributed by atoms with Gasteiger partial charge in [-0.05, 0) is 55.8 Å². The van der Waals surface area contributed by atoms with Crippen LogP contribution in [0.15, 0.2) is 84.9 Å². The quantitative estimate of drug-likeness (QED) is 0.517. The zero-order valence-electron chi connectivity index (χ0n) is 17.2. The van der Waals surface area contributed by atoms with Gasteiger partial charge in [-0.2, -0.15) is 0 Å². The van der Waals surface area contributed by atoms with E-state index in [4.69, 9.17) is 0 Å². The largest absolute Gasteiger partial charge is 0.322 e. The van der Waals surface area contributed by atoms with E-state index < -0.39 is 0 Å². The lowest BCUT2D eigenvalue weighted by Crippen LogP contribution is -2.38. The second-order valence-electron chi connectivity index (χ2n) is 7.20. The van der Waals surface area contributed by atoms with Gasteiger partial charge in [-0.15, -0.1) is 11.8 Å². The molecule has 0 aliphatic carbocycles. The summed E-state index contributed by atoms with van der Waals surface area (Å²) in [5.41, 5.74) is 3.39. The fraction of sp³-hybridized carbons (Fsp3) is 0.200. The molecular formula is C25H26N2O2S. The minimum absolute atomic E-state index is 0.0973. The second kappa shape index (κ2) is 10.6. The van der Waals surface area contributed by atoms with E-state index in [0.29, 0.717) is 17.1 Å². The van der Waals surface area contributed by atoms with Crippen molar-refractivity contribution in [3.63, 3.8) is 0 Å². The molecule has 0 bridgehead atoms. The smallest absolute Gasteiger partial charge is 0.255 e. The third-order valence-corrected chi connectivity index (χ3v) is 5.55. The normalized spacial score (nSPS) is 10.6. The van der Waals surface area contributed by atoms with Crippen LogP contribution in [-0.2, 0) is 10.5 Å². The molecule has 0 fully saturated rings. The first-order valence-corrected chi connectivity index (χ1v) is 11.1. The van der Waals surface area contributed by atoms with Crippen LogP contribution in [0.5, 0.6) is 0 Å². The van der Waals surface area contributed by atoms with Crippen molar-refractivity contribution >= 4 is 35.0 Å². The van der Waals surface area contributed by atoms with Crippen molar-refractivity contribution in [1.29, 1.82) is 0 Å². The summed E-state index contributed by atoms with van der Waals surface area (Å²) in [6, 6.07) is 26.8. The number of nitrogens with zero attached hydrogens (tertiary/aromatic N) is 1. The van der Waals surface area contributed by atoms with E-state index in [1.165, 1.54) is 0 Å². The molecule has 0 aromatic heterocycles. The van der Waals surface area contributed by atoms with E-state index in [2.05, 4.69) is 5.32 Å². The van der Waals surface area contributed by atoms with Crippen molar-refractivity contribution in [3.05, 3.63) is 96.1 Å². The van der Waals surface area contributed by atoms with Gasteiger partial charge in [0.15, 0.2) is 0 Å². The van der Waals surface area contributed by atoms with Crippen LogP contribution in [0.1, 0.15) is 29.8 Å². The van der Waals surface area contributed by atoms with E-state index in [1.807, 2.05) is 104 Å². The molecule has 0 spiro atoms. The fourth-order valence-corrected chi connectivity index (χ4v) is 3.97. The Morgan fingerprint density at radius 1 is 0.867 bits per heavy atom. The van der Waals surface area contributed by atoms with Crippen molar-refractivity contribution in [2.24, 2.45) is 0 Å². The van der Waals surface area contributed by atoms with Crippen LogP contribution >= 0.6 is 11.8 Å². The highest BCUT2D eigenvalue weighted by Crippen LogP contribution is 2.20. The monoisotopic (exact) mass is 418 g/mol. The molecule has 154 valence electrons. The summed E-state index contributed by atoms with van der Waals surface area (Å²) < 4.78 is 0. The molecule has 3 rings (SSSR count). The predicted octanol–water partition coefficient (Wildman–Crippen LogP) is 5.61. The summed E-state index contributed by atoms with van der Waals surface area (Å²) in [5.74, 6) is 1.09. The van der Waals surface area contributed by atoms with Gasteiger partial charge in [-0.3, -0.25) is 9.59 Å². The topological polar surface area (TPSA) is 49.4 Å². The number of carbonyl (C=O) groups is 2. The molecule has 0 atom stereocenters. The van der Waals surface area contributed by atoms with Gasteiger partial charge in [0.05, 0.1) is 5.75 Å². The third-order valence-electron chi connectivity index (χ3n) is 4.56. The van der Waals surface area contributed by atoms with Gasteiger partial charge in [-0.1, -0.05) is 48.5 Å². The van der Waals surface area contributed by atoms with Crippen LogP contribution in [-0.4, -0.2) is 23.6 Å². The second-order valence-corrected chi connectivity index (χ2v) is 8.19. The van der Waals surface area contributed by atoms with Crippen molar-refractivity contribution in [1.82, 2.24) is 0 Å². The minimum atomic E-state index is -0.133. The summed E-state index contributed by atoms with van der Waals surface area (Å²) in [7, 11) is 0. The minimum Gasteiger partial charge on any atom is -0.322 e. The van der Waals surface area contributed by atoms with Gasteiger partial charge in [0, 0.05) is 28.7 Å². The number of thioether (sulfide) groups is 1. The maximum atomic E-state index is 12.7. The number of carbonyl (C=O) groups excluding carboxylic acids is 2. The molecular weight excluding hydrogens is 392 g/mol. The van der Waals surface area contributed by atoms with Crippen LogP contribution < -0.4 is 10.2 Å². The third kappa shape index (κ3) is 5.97. The van der Waals surface area contributed by atoms with Gasteiger partial charge in [0.25, 0.3) is 5.91 Å². The Bertz CT molecular complexity index is 957. The number of benzene rings is 3. The maximum Gasteiger partial charge on any atom is 0.255 e. The van der Waals surface area contributed by atoms with Gasteiger partial charge in [0.2, 0.25) is 5.91 Å². The Kier molecular flexibility index (Phi) is 7.69. The summed E-state index contributed by atoms with van der Waals surface area (Å²) in [6.45, 7) is 4.05. The van der Waals surface area contributed by atoms with Crippen molar-refractivity contribution in [3.8, 4) is 0 Å². The zero-order chi connectivity index (χ0) is 21.3. The number of amides is 2. The summed E-state index contributed by atoms with van der Waals surface area (Å²) in [4.78, 5) is 26.9. The number of anilines is 2.